The number of hydrogen-bond donors (Lipinski definition) is 1. The molecule has 2 aromatic carbocycles. The minimum atomic E-state index is 0.171. The van der Waals surface area contributed by atoms with Crippen molar-refractivity contribution in [2.24, 2.45) is 5.92 Å². The molecule has 3 aromatic rings. The molecule has 1 amide bonds. The smallest absolute Gasteiger partial charge is 0.226 e. The number of benzene rings is 2. The van der Waals surface area contributed by atoms with Crippen LogP contribution in [0.3, 0.4) is 0 Å². The summed E-state index contributed by atoms with van der Waals surface area (Å²) in [5, 5.41) is 1.24. The molecule has 29 heavy (non-hydrogen) atoms. The Morgan fingerprint density at radius 2 is 1.90 bits per heavy atom. The number of carbonyl (C=O) groups is 1. The van der Waals surface area contributed by atoms with Gasteiger partial charge in [-0.25, -0.2) is 0 Å². The Morgan fingerprint density at radius 1 is 1.14 bits per heavy atom. The fourth-order valence-corrected chi connectivity index (χ4v) is 5.04. The number of amides is 1. The molecule has 2 heterocycles. The van der Waals surface area contributed by atoms with Crippen LogP contribution in [0.1, 0.15) is 42.2 Å². The Hall–Kier alpha value is -2.27. The van der Waals surface area contributed by atoms with Gasteiger partial charge in [-0.3, -0.25) is 4.79 Å². The van der Waals surface area contributed by atoms with E-state index in [-0.39, 0.29) is 5.92 Å². The second kappa shape index (κ2) is 7.52. The van der Waals surface area contributed by atoms with Gasteiger partial charge in [-0.05, 0) is 72.6 Å². The lowest BCUT2D eigenvalue weighted by molar-refractivity contribution is -0.133. The molecular formula is C24H25BrN2O2. The second-order valence-electron chi connectivity index (χ2n) is 8.26. The van der Waals surface area contributed by atoms with Crippen LogP contribution in [0.25, 0.3) is 10.9 Å². The highest BCUT2D eigenvalue weighted by Gasteiger charge is 2.46. The van der Waals surface area contributed by atoms with Crippen LogP contribution in [0.4, 0.5) is 0 Å². The lowest BCUT2D eigenvalue weighted by Crippen LogP contribution is -2.39. The predicted octanol–water partition coefficient (Wildman–Crippen LogP) is 5.45. The van der Waals surface area contributed by atoms with Crippen molar-refractivity contribution in [1.29, 1.82) is 0 Å². The van der Waals surface area contributed by atoms with Crippen molar-refractivity contribution in [3.8, 4) is 5.75 Å². The highest BCUT2D eigenvalue weighted by molar-refractivity contribution is 9.10. The van der Waals surface area contributed by atoms with Crippen LogP contribution in [-0.2, 0) is 4.79 Å². The number of carbonyl (C=O) groups excluding carboxylic acids is 1. The zero-order valence-corrected chi connectivity index (χ0v) is 18.1. The minimum absolute atomic E-state index is 0.171. The molecule has 1 aromatic heterocycles. The van der Waals surface area contributed by atoms with Gasteiger partial charge in [0, 0.05) is 40.6 Å². The molecule has 5 heteroatoms. The fourth-order valence-electron chi connectivity index (χ4n) is 4.78. The first-order chi connectivity index (χ1) is 14.1. The molecule has 1 aliphatic heterocycles. The van der Waals surface area contributed by atoms with Crippen LogP contribution in [-0.4, -0.2) is 36.0 Å². The van der Waals surface area contributed by atoms with Crippen LogP contribution in [0, 0.1) is 5.92 Å². The first-order valence-electron chi connectivity index (χ1n) is 10.3. The van der Waals surface area contributed by atoms with Gasteiger partial charge in [0.15, 0.2) is 0 Å². The van der Waals surface area contributed by atoms with Gasteiger partial charge in [0.1, 0.15) is 5.75 Å². The van der Waals surface area contributed by atoms with Crippen LogP contribution < -0.4 is 4.74 Å². The maximum absolute atomic E-state index is 13.0. The van der Waals surface area contributed by atoms with Gasteiger partial charge in [-0.1, -0.05) is 28.1 Å². The number of nitrogens with zero attached hydrogens (tertiary/aromatic N) is 1. The fraction of sp³-hybridized carbons (Fsp3) is 0.375. The van der Waals surface area contributed by atoms with E-state index in [2.05, 4.69) is 68.4 Å². The SMILES string of the molecule is COc1ccc2[nH]cc(C3CCN(C(=O)C4CC4c4ccc(Br)cc4)CC3)c2c1. The standard InChI is InChI=1S/C24H25BrN2O2/c1-29-18-6-7-23-20(12-18)22(14-26-23)16-8-10-27(11-9-16)24(28)21-13-19(21)15-2-4-17(25)5-3-15/h2-7,12,14,16,19,21,26H,8-11,13H2,1H3. The molecule has 1 N–H and O–H groups in total. The second-order valence-corrected chi connectivity index (χ2v) is 9.17. The van der Waals surface area contributed by atoms with Gasteiger partial charge in [-0.15, -0.1) is 0 Å². The summed E-state index contributed by atoms with van der Waals surface area (Å²) in [6.45, 7) is 1.70. The summed E-state index contributed by atoms with van der Waals surface area (Å²) in [7, 11) is 1.71. The Balaban J connectivity index is 1.23. The van der Waals surface area contributed by atoms with Crippen molar-refractivity contribution in [1.82, 2.24) is 9.88 Å². The monoisotopic (exact) mass is 452 g/mol. The highest BCUT2D eigenvalue weighted by Crippen LogP contribution is 2.49. The van der Waals surface area contributed by atoms with E-state index in [9.17, 15) is 4.79 Å². The molecule has 1 saturated carbocycles. The summed E-state index contributed by atoms with van der Waals surface area (Å²) in [5.74, 6) is 2.29. The van der Waals surface area contributed by atoms with Crippen LogP contribution in [0.5, 0.6) is 5.75 Å². The summed E-state index contributed by atoms with van der Waals surface area (Å²) in [5.41, 5.74) is 3.79. The predicted molar refractivity (Wildman–Crippen MR) is 118 cm³/mol. The highest BCUT2D eigenvalue weighted by atomic mass is 79.9. The van der Waals surface area contributed by atoms with Gasteiger partial charge >= 0.3 is 0 Å². The molecule has 2 unspecified atom stereocenters. The summed E-state index contributed by atoms with van der Waals surface area (Å²) in [6.07, 6.45) is 5.16. The molecule has 2 fully saturated rings. The first-order valence-corrected chi connectivity index (χ1v) is 11.1. The molecule has 5 rings (SSSR count). The number of fused-ring (bicyclic) bond motifs is 1. The van der Waals surface area contributed by atoms with Crippen molar-refractivity contribution in [3.05, 3.63) is 64.3 Å². The number of aromatic nitrogens is 1. The molecule has 0 spiro atoms. The molecule has 0 radical (unpaired) electrons. The van der Waals surface area contributed by atoms with Gasteiger partial charge in [0.05, 0.1) is 7.11 Å². The van der Waals surface area contributed by atoms with E-state index in [4.69, 9.17) is 4.74 Å². The summed E-state index contributed by atoms with van der Waals surface area (Å²) < 4.78 is 6.48. The summed E-state index contributed by atoms with van der Waals surface area (Å²) >= 11 is 3.48. The molecule has 1 aliphatic carbocycles. The topological polar surface area (TPSA) is 45.3 Å². The molecular weight excluding hydrogens is 428 g/mol. The number of likely N-dealkylation sites (tertiary alicyclic amines) is 1. The first kappa shape index (κ1) is 18.7. The van der Waals surface area contributed by atoms with E-state index < -0.39 is 0 Å². The zero-order valence-electron chi connectivity index (χ0n) is 16.5. The number of halogens is 1. The zero-order chi connectivity index (χ0) is 20.0. The largest absolute Gasteiger partial charge is 0.497 e. The van der Waals surface area contributed by atoms with E-state index >= 15 is 0 Å². The molecule has 0 bridgehead atoms. The lowest BCUT2D eigenvalue weighted by atomic mass is 9.89. The van der Waals surface area contributed by atoms with E-state index in [1.807, 2.05) is 6.07 Å². The minimum Gasteiger partial charge on any atom is -0.497 e. The third kappa shape index (κ3) is 3.57. The van der Waals surface area contributed by atoms with Crippen molar-refractivity contribution in [2.75, 3.05) is 20.2 Å². The molecule has 1 saturated heterocycles. The third-order valence-electron chi connectivity index (χ3n) is 6.57. The van der Waals surface area contributed by atoms with Crippen molar-refractivity contribution in [3.63, 3.8) is 0 Å². The quantitative estimate of drug-likeness (QED) is 0.571. The Kier molecular flexibility index (Phi) is 4.86. The third-order valence-corrected chi connectivity index (χ3v) is 7.10. The molecule has 4 nitrogen and oxygen atoms in total. The van der Waals surface area contributed by atoms with Crippen molar-refractivity contribution in [2.45, 2.75) is 31.1 Å². The normalized spacial score (nSPS) is 22.1. The van der Waals surface area contributed by atoms with Gasteiger partial charge < -0.3 is 14.6 Å². The van der Waals surface area contributed by atoms with Crippen LogP contribution >= 0.6 is 15.9 Å². The Morgan fingerprint density at radius 3 is 2.62 bits per heavy atom. The molecule has 150 valence electrons. The average molecular weight is 453 g/mol. The van der Waals surface area contributed by atoms with Crippen LogP contribution in [0.15, 0.2) is 53.1 Å². The van der Waals surface area contributed by atoms with Crippen LogP contribution in [0.2, 0.25) is 0 Å². The number of aromatic amines is 1. The average Bonchev–Trinajstić information content (AvgIpc) is 3.45. The maximum atomic E-state index is 13.0. The van der Waals surface area contributed by atoms with Crippen molar-refractivity contribution < 1.29 is 9.53 Å². The van der Waals surface area contributed by atoms with E-state index in [1.54, 1.807) is 7.11 Å². The molecule has 2 aliphatic rings. The number of rotatable bonds is 4. The van der Waals surface area contributed by atoms with Crippen molar-refractivity contribution >= 4 is 32.7 Å². The number of methoxy groups -OCH3 is 1. The van der Waals surface area contributed by atoms with E-state index in [0.29, 0.717) is 17.7 Å². The maximum Gasteiger partial charge on any atom is 0.226 e. The Labute approximate surface area is 179 Å². The van der Waals surface area contributed by atoms with E-state index in [0.717, 1.165) is 48.1 Å². The summed E-state index contributed by atoms with van der Waals surface area (Å²) in [6, 6.07) is 14.6. The summed E-state index contributed by atoms with van der Waals surface area (Å²) in [4.78, 5) is 18.5. The number of nitrogens with one attached hydrogen (secondary N) is 1. The number of ether oxygens (including phenoxy) is 1. The van der Waals surface area contributed by atoms with Gasteiger partial charge in [0.2, 0.25) is 5.91 Å². The number of hydrogen-bond acceptors (Lipinski definition) is 2. The number of piperidine rings is 1. The lowest BCUT2D eigenvalue weighted by Gasteiger charge is -2.32. The van der Waals surface area contributed by atoms with Gasteiger partial charge in [0.25, 0.3) is 0 Å². The van der Waals surface area contributed by atoms with E-state index in [1.165, 1.54) is 16.5 Å². The van der Waals surface area contributed by atoms with Gasteiger partial charge in [-0.2, -0.15) is 0 Å². The molecule has 2 atom stereocenters. The Bertz CT molecular complexity index is 1030. The number of H-pyrrole nitrogens is 1.